The third kappa shape index (κ3) is 2.29. The molecule has 0 unspecified atom stereocenters. The topological polar surface area (TPSA) is 32.3 Å². The fraction of sp³-hybridized carbons (Fsp3) is 0.455. The molecule has 2 nitrogen and oxygen atoms in total. The fourth-order valence-electron chi connectivity index (χ4n) is 3.21. The van der Waals surface area contributed by atoms with E-state index < -0.39 is 11.9 Å². The van der Waals surface area contributed by atoms with E-state index in [1.807, 2.05) is 31.4 Å². The molecular formula is C11H19B5FNO. The number of alkyl halides is 1. The smallest absolute Gasteiger partial charge is 0.247 e. The van der Waals surface area contributed by atoms with Crippen molar-refractivity contribution in [3.8, 4) is 0 Å². The normalized spacial score (nSPS) is 22.3. The van der Waals surface area contributed by atoms with Crippen molar-refractivity contribution in [3.63, 3.8) is 0 Å². The van der Waals surface area contributed by atoms with E-state index in [0.29, 0.717) is 12.0 Å². The van der Waals surface area contributed by atoms with Gasteiger partial charge < -0.3 is 10.4 Å². The molecule has 1 aromatic rings. The van der Waals surface area contributed by atoms with E-state index in [-0.39, 0.29) is 0 Å². The average molecular weight is 254 g/mol. The SMILES string of the molecule is Bc1c(B)c(B)c([C@](O)(F)[C@@H]2CCCN2)c(B)c1B. The minimum absolute atomic E-state index is 0.465. The molecule has 0 aromatic heterocycles. The van der Waals surface area contributed by atoms with Gasteiger partial charge in [-0.3, -0.25) is 0 Å². The quantitative estimate of drug-likeness (QED) is 0.514. The second kappa shape index (κ2) is 5.06. The maximum Gasteiger partial charge on any atom is 0.247 e. The Morgan fingerprint density at radius 2 is 1.47 bits per heavy atom. The van der Waals surface area contributed by atoms with Crippen molar-refractivity contribution >= 4 is 66.5 Å². The summed E-state index contributed by atoms with van der Waals surface area (Å²) >= 11 is 0. The molecule has 2 rings (SSSR count). The lowest BCUT2D eigenvalue weighted by Crippen LogP contribution is -2.60. The predicted molar refractivity (Wildman–Crippen MR) is 93.4 cm³/mol. The van der Waals surface area contributed by atoms with Crippen molar-refractivity contribution in [2.45, 2.75) is 24.7 Å². The second-order valence-corrected chi connectivity index (χ2v) is 5.82. The summed E-state index contributed by atoms with van der Waals surface area (Å²) in [6, 6.07) is -0.494. The summed E-state index contributed by atoms with van der Waals surface area (Å²) < 4.78 is 15.0. The van der Waals surface area contributed by atoms with Crippen molar-refractivity contribution in [3.05, 3.63) is 5.56 Å². The Hall–Kier alpha value is -0.605. The standard InChI is InChI=1S/C11H19B5FNO/c12-6-5(7(13)9(15)10(16)8(6)14)11(17,19)4-2-1-3-18-4/h4,18-19H,1-3,12-16H2/t4-,11-/m0/s1. The molecule has 1 aliphatic rings. The summed E-state index contributed by atoms with van der Waals surface area (Å²) in [4.78, 5) is 0. The van der Waals surface area contributed by atoms with E-state index in [1.54, 1.807) is 0 Å². The Labute approximate surface area is 119 Å². The van der Waals surface area contributed by atoms with Crippen LogP contribution in [0.3, 0.4) is 0 Å². The minimum atomic E-state index is -2.28. The Bertz CT molecular complexity index is 487. The van der Waals surface area contributed by atoms with Crippen LogP contribution in [0.1, 0.15) is 18.4 Å². The van der Waals surface area contributed by atoms with Crippen LogP contribution in [0.4, 0.5) is 4.39 Å². The summed E-state index contributed by atoms with van der Waals surface area (Å²) in [5.41, 5.74) is 5.55. The lowest BCUT2D eigenvalue weighted by atomic mass is 9.59. The highest BCUT2D eigenvalue weighted by molar-refractivity contribution is 6.67. The van der Waals surface area contributed by atoms with Gasteiger partial charge in [-0.2, -0.15) is 0 Å². The Morgan fingerprint density at radius 3 is 1.89 bits per heavy atom. The number of nitrogens with one attached hydrogen (secondary N) is 1. The highest BCUT2D eigenvalue weighted by Gasteiger charge is 2.42. The molecule has 2 atom stereocenters. The molecule has 0 bridgehead atoms. The maximum atomic E-state index is 15.0. The Kier molecular flexibility index (Phi) is 3.94. The molecule has 0 radical (unpaired) electrons. The highest BCUT2D eigenvalue weighted by Crippen LogP contribution is 2.28. The van der Waals surface area contributed by atoms with Gasteiger partial charge in [0.1, 0.15) is 39.2 Å². The summed E-state index contributed by atoms with van der Waals surface area (Å²) in [5.74, 6) is -2.28. The van der Waals surface area contributed by atoms with Gasteiger partial charge >= 0.3 is 0 Å². The van der Waals surface area contributed by atoms with Crippen LogP contribution >= 0.6 is 0 Å². The zero-order valence-electron chi connectivity index (χ0n) is 12.5. The number of aliphatic hydroxyl groups is 1. The van der Waals surface area contributed by atoms with Crippen LogP contribution in [0.2, 0.25) is 0 Å². The molecule has 1 fully saturated rings. The van der Waals surface area contributed by atoms with E-state index in [0.717, 1.165) is 34.8 Å². The third-order valence-corrected chi connectivity index (χ3v) is 4.87. The van der Waals surface area contributed by atoms with E-state index in [4.69, 9.17) is 0 Å². The molecular weight excluding hydrogens is 235 g/mol. The van der Waals surface area contributed by atoms with Gasteiger partial charge in [0.05, 0.1) is 6.04 Å². The first-order chi connectivity index (χ1) is 8.78. The molecule has 0 saturated carbocycles. The van der Waals surface area contributed by atoms with Gasteiger partial charge in [0.2, 0.25) is 5.85 Å². The number of halogens is 1. The van der Waals surface area contributed by atoms with E-state index in [9.17, 15) is 5.11 Å². The Morgan fingerprint density at radius 1 is 1.00 bits per heavy atom. The third-order valence-electron chi connectivity index (χ3n) is 4.87. The van der Waals surface area contributed by atoms with Gasteiger partial charge in [-0.1, -0.05) is 10.9 Å². The number of hydrogen-bond donors (Lipinski definition) is 2. The highest BCUT2D eigenvalue weighted by atomic mass is 19.2. The van der Waals surface area contributed by atoms with Crippen LogP contribution in [0.15, 0.2) is 0 Å². The molecule has 0 spiro atoms. The lowest BCUT2D eigenvalue weighted by molar-refractivity contribution is -0.119. The Balaban J connectivity index is 2.61. The van der Waals surface area contributed by atoms with Crippen LogP contribution < -0.4 is 32.6 Å². The fourth-order valence-corrected chi connectivity index (χ4v) is 3.21. The van der Waals surface area contributed by atoms with Crippen LogP contribution in [0, 0.1) is 0 Å². The molecule has 8 heteroatoms. The van der Waals surface area contributed by atoms with Gasteiger partial charge in [-0.25, -0.2) is 4.39 Å². The summed E-state index contributed by atoms with van der Waals surface area (Å²) in [6.07, 6.45) is 1.59. The monoisotopic (exact) mass is 255 g/mol. The van der Waals surface area contributed by atoms with Crippen molar-refractivity contribution < 1.29 is 9.50 Å². The van der Waals surface area contributed by atoms with Crippen molar-refractivity contribution in [2.24, 2.45) is 0 Å². The van der Waals surface area contributed by atoms with E-state index in [1.165, 1.54) is 5.46 Å². The van der Waals surface area contributed by atoms with Crippen LogP contribution in [-0.4, -0.2) is 56.9 Å². The number of rotatable bonds is 2. The molecule has 1 aromatic carbocycles. The largest absolute Gasteiger partial charge is 0.357 e. The first-order valence-corrected chi connectivity index (χ1v) is 7.00. The molecule has 2 N–H and O–H groups in total. The second-order valence-electron chi connectivity index (χ2n) is 5.82. The zero-order chi connectivity index (χ0) is 14.4. The molecule has 19 heavy (non-hydrogen) atoms. The average Bonchev–Trinajstić information content (AvgIpc) is 2.88. The van der Waals surface area contributed by atoms with Crippen molar-refractivity contribution in [1.82, 2.24) is 5.32 Å². The molecule has 1 aliphatic heterocycles. The van der Waals surface area contributed by atoms with Gasteiger partial charge in [0.15, 0.2) is 0 Å². The summed E-state index contributed by atoms with van der Waals surface area (Å²) in [6.45, 7) is 0.777. The maximum absolute atomic E-state index is 15.0. The molecule has 1 heterocycles. The van der Waals surface area contributed by atoms with E-state index >= 15 is 4.39 Å². The molecule has 96 valence electrons. The predicted octanol–water partition coefficient (Wildman–Crippen LogP) is -7.15. The van der Waals surface area contributed by atoms with Crippen LogP contribution in [0.25, 0.3) is 0 Å². The van der Waals surface area contributed by atoms with Gasteiger partial charge in [0, 0.05) is 5.56 Å². The van der Waals surface area contributed by atoms with Crippen LogP contribution in [0.5, 0.6) is 0 Å². The number of benzene rings is 1. The summed E-state index contributed by atoms with van der Waals surface area (Å²) in [7, 11) is 9.87. The summed E-state index contributed by atoms with van der Waals surface area (Å²) in [5, 5.41) is 13.5. The minimum Gasteiger partial charge on any atom is -0.357 e. The van der Waals surface area contributed by atoms with Gasteiger partial charge in [-0.15, -0.1) is 16.4 Å². The number of hydrogen-bond acceptors (Lipinski definition) is 2. The van der Waals surface area contributed by atoms with Crippen molar-refractivity contribution in [2.75, 3.05) is 6.54 Å². The molecule has 0 amide bonds. The van der Waals surface area contributed by atoms with Crippen molar-refractivity contribution in [1.29, 1.82) is 0 Å². The molecule has 1 saturated heterocycles. The van der Waals surface area contributed by atoms with Crippen LogP contribution in [-0.2, 0) is 5.85 Å². The lowest BCUT2D eigenvalue weighted by Gasteiger charge is -2.32. The zero-order valence-corrected chi connectivity index (χ0v) is 12.5. The van der Waals surface area contributed by atoms with Gasteiger partial charge in [-0.05, 0) is 19.4 Å². The van der Waals surface area contributed by atoms with Gasteiger partial charge in [0.25, 0.3) is 0 Å². The van der Waals surface area contributed by atoms with E-state index in [2.05, 4.69) is 13.2 Å². The first-order valence-electron chi connectivity index (χ1n) is 7.00. The first kappa shape index (κ1) is 14.8. The molecule has 0 aliphatic carbocycles.